The van der Waals surface area contributed by atoms with Crippen LogP contribution >= 0.6 is 0 Å². The minimum absolute atomic E-state index is 0.110. The van der Waals surface area contributed by atoms with Crippen molar-refractivity contribution in [3.05, 3.63) is 0 Å². The number of hydrogen-bond acceptors (Lipinski definition) is 4. The Balaban J connectivity index is 1.78. The Labute approximate surface area is 101 Å². The summed E-state index contributed by atoms with van der Waals surface area (Å²) in [4.78, 5) is 10.7. The molecule has 2 heterocycles. The molecule has 0 bridgehead atoms. The van der Waals surface area contributed by atoms with Crippen molar-refractivity contribution in [1.29, 1.82) is 0 Å². The minimum Gasteiger partial charge on any atom is -0.395 e. The quantitative estimate of drug-likeness (QED) is 0.645. The molecular weight excluding hydrogens is 216 g/mol. The van der Waals surface area contributed by atoms with E-state index in [1.54, 1.807) is 0 Å². The van der Waals surface area contributed by atoms with Gasteiger partial charge >= 0.3 is 0 Å². The van der Waals surface area contributed by atoms with Gasteiger partial charge in [-0.25, -0.2) is 0 Å². The highest BCUT2D eigenvalue weighted by Crippen LogP contribution is 2.50. The Bertz CT molecular complexity index is 364. The molecule has 0 N–H and O–H groups in total. The summed E-state index contributed by atoms with van der Waals surface area (Å²) in [5, 5.41) is 8.75. The lowest BCUT2D eigenvalue weighted by atomic mass is 9.58. The summed E-state index contributed by atoms with van der Waals surface area (Å²) >= 11 is 0. The van der Waals surface area contributed by atoms with Crippen molar-refractivity contribution in [2.75, 3.05) is 13.2 Å². The lowest BCUT2D eigenvalue weighted by Gasteiger charge is -2.43. The summed E-state index contributed by atoms with van der Waals surface area (Å²) in [5.41, 5.74) is 2.69. The van der Waals surface area contributed by atoms with Gasteiger partial charge in [-0.3, -0.25) is 0 Å². The van der Waals surface area contributed by atoms with Crippen LogP contribution in [0.5, 0.6) is 0 Å². The summed E-state index contributed by atoms with van der Waals surface area (Å²) in [6, 6.07) is 0. The SMILES string of the molecule is C1CC2CON=C2C2(C1)CCCC1CON=C12. The highest BCUT2D eigenvalue weighted by molar-refractivity contribution is 6.14. The number of hydrogen-bond donors (Lipinski definition) is 0. The first-order valence-electron chi connectivity index (χ1n) is 6.81. The maximum absolute atomic E-state index is 5.36. The molecule has 0 aromatic rings. The van der Waals surface area contributed by atoms with Crippen LogP contribution in [0.2, 0.25) is 0 Å². The second kappa shape index (κ2) is 3.47. The van der Waals surface area contributed by atoms with Crippen molar-refractivity contribution in [1.82, 2.24) is 0 Å². The van der Waals surface area contributed by atoms with Gasteiger partial charge in [0.2, 0.25) is 0 Å². The third kappa shape index (κ3) is 1.24. The molecule has 2 saturated carbocycles. The van der Waals surface area contributed by atoms with E-state index in [1.165, 1.54) is 49.9 Å². The first kappa shape index (κ1) is 9.92. The van der Waals surface area contributed by atoms with Crippen LogP contribution in [0.4, 0.5) is 0 Å². The molecule has 0 aromatic carbocycles. The smallest absolute Gasteiger partial charge is 0.125 e. The zero-order chi connectivity index (χ0) is 11.3. The molecule has 17 heavy (non-hydrogen) atoms. The van der Waals surface area contributed by atoms with E-state index in [9.17, 15) is 0 Å². The van der Waals surface area contributed by atoms with Gasteiger partial charge in [-0.2, -0.15) is 0 Å². The monoisotopic (exact) mass is 234 g/mol. The van der Waals surface area contributed by atoms with Gasteiger partial charge in [-0.15, -0.1) is 0 Å². The van der Waals surface area contributed by atoms with Crippen molar-refractivity contribution in [2.24, 2.45) is 27.6 Å². The van der Waals surface area contributed by atoms with Crippen LogP contribution < -0.4 is 0 Å². The van der Waals surface area contributed by atoms with Crippen molar-refractivity contribution in [3.63, 3.8) is 0 Å². The third-order valence-corrected chi connectivity index (χ3v) is 4.94. The van der Waals surface area contributed by atoms with E-state index in [1.807, 2.05) is 0 Å². The van der Waals surface area contributed by atoms with E-state index in [0.29, 0.717) is 11.8 Å². The number of fused-ring (bicyclic) bond motifs is 4. The number of rotatable bonds is 0. The van der Waals surface area contributed by atoms with Crippen LogP contribution in [0.3, 0.4) is 0 Å². The lowest BCUT2D eigenvalue weighted by molar-refractivity contribution is 0.151. The standard InChI is InChI=1S/C13H18N2O2/c1-3-9-7-16-14-11(9)13(5-1)6-2-4-10-8-17-15-12(10)13/h9-10H,1-8H2. The first-order valence-corrected chi connectivity index (χ1v) is 6.81. The normalized spacial score (nSPS) is 43.3. The molecular formula is C13H18N2O2. The fourth-order valence-corrected chi connectivity index (χ4v) is 4.17. The summed E-state index contributed by atoms with van der Waals surface area (Å²) in [6.07, 6.45) is 7.42. The van der Waals surface area contributed by atoms with Gasteiger partial charge in [0.25, 0.3) is 0 Å². The zero-order valence-corrected chi connectivity index (χ0v) is 10.0. The highest BCUT2D eigenvalue weighted by Gasteiger charge is 2.53. The highest BCUT2D eigenvalue weighted by atomic mass is 16.6. The van der Waals surface area contributed by atoms with Crippen LogP contribution in [0.1, 0.15) is 38.5 Å². The molecule has 4 rings (SSSR count). The van der Waals surface area contributed by atoms with Crippen LogP contribution in [0.25, 0.3) is 0 Å². The average Bonchev–Trinajstić information content (AvgIpc) is 2.97. The van der Waals surface area contributed by atoms with Crippen LogP contribution in [-0.4, -0.2) is 24.6 Å². The molecule has 0 amide bonds. The summed E-state index contributed by atoms with van der Waals surface area (Å²) in [7, 11) is 0. The van der Waals surface area contributed by atoms with E-state index in [0.717, 1.165) is 13.2 Å². The Morgan fingerprint density at radius 2 is 1.41 bits per heavy atom. The second-order valence-electron chi connectivity index (χ2n) is 5.80. The molecule has 0 saturated heterocycles. The molecule has 2 fully saturated rings. The Morgan fingerprint density at radius 3 is 1.94 bits per heavy atom. The zero-order valence-electron chi connectivity index (χ0n) is 10.0. The lowest BCUT2D eigenvalue weighted by Crippen LogP contribution is -2.49. The van der Waals surface area contributed by atoms with Crippen molar-refractivity contribution >= 4 is 11.4 Å². The minimum atomic E-state index is 0.110. The summed E-state index contributed by atoms with van der Waals surface area (Å²) in [5.74, 6) is 1.09. The molecule has 4 nitrogen and oxygen atoms in total. The average molecular weight is 234 g/mol. The molecule has 0 aromatic heterocycles. The largest absolute Gasteiger partial charge is 0.395 e. The predicted molar refractivity (Wildman–Crippen MR) is 63.9 cm³/mol. The van der Waals surface area contributed by atoms with Gasteiger partial charge in [-0.05, 0) is 25.7 Å². The van der Waals surface area contributed by atoms with Crippen molar-refractivity contribution < 1.29 is 9.68 Å². The predicted octanol–water partition coefficient (Wildman–Crippen LogP) is 2.35. The van der Waals surface area contributed by atoms with Gasteiger partial charge in [0.05, 0.1) is 16.8 Å². The van der Waals surface area contributed by atoms with Crippen LogP contribution in [0, 0.1) is 17.3 Å². The van der Waals surface area contributed by atoms with Gasteiger partial charge in [0.15, 0.2) is 0 Å². The van der Waals surface area contributed by atoms with Gasteiger partial charge in [-0.1, -0.05) is 23.2 Å². The molecule has 2 unspecified atom stereocenters. The van der Waals surface area contributed by atoms with E-state index >= 15 is 0 Å². The van der Waals surface area contributed by atoms with Gasteiger partial charge < -0.3 is 9.68 Å². The summed E-state index contributed by atoms with van der Waals surface area (Å²) < 4.78 is 0. The summed E-state index contributed by atoms with van der Waals surface area (Å²) in [6.45, 7) is 1.58. The first-order chi connectivity index (χ1) is 8.40. The van der Waals surface area contributed by atoms with E-state index in [4.69, 9.17) is 9.68 Å². The maximum atomic E-state index is 5.36. The van der Waals surface area contributed by atoms with Crippen LogP contribution in [0.15, 0.2) is 10.3 Å². The molecule has 1 spiro atoms. The maximum Gasteiger partial charge on any atom is 0.125 e. The van der Waals surface area contributed by atoms with Crippen molar-refractivity contribution in [3.8, 4) is 0 Å². The van der Waals surface area contributed by atoms with Gasteiger partial charge in [0, 0.05) is 11.8 Å². The number of nitrogens with zero attached hydrogens (tertiary/aromatic N) is 2. The molecule has 0 radical (unpaired) electrons. The van der Waals surface area contributed by atoms with E-state index in [-0.39, 0.29) is 5.41 Å². The number of oxime groups is 2. The van der Waals surface area contributed by atoms with E-state index < -0.39 is 0 Å². The Kier molecular flexibility index (Phi) is 2.02. The van der Waals surface area contributed by atoms with Gasteiger partial charge in [0.1, 0.15) is 13.2 Å². The molecule has 2 aliphatic heterocycles. The molecule has 2 atom stereocenters. The second-order valence-corrected chi connectivity index (χ2v) is 5.80. The van der Waals surface area contributed by atoms with Crippen LogP contribution in [-0.2, 0) is 9.68 Å². The molecule has 92 valence electrons. The fourth-order valence-electron chi connectivity index (χ4n) is 4.17. The fraction of sp³-hybridized carbons (Fsp3) is 0.846. The Hall–Kier alpha value is -1.06. The third-order valence-electron chi connectivity index (χ3n) is 4.94. The molecule has 4 aliphatic rings. The van der Waals surface area contributed by atoms with E-state index in [2.05, 4.69) is 10.3 Å². The van der Waals surface area contributed by atoms with Crippen molar-refractivity contribution in [2.45, 2.75) is 38.5 Å². The molecule has 2 aliphatic carbocycles. The molecule has 4 heteroatoms. The Morgan fingerprint density at radius 1 is 0.882 bits per heavy atom. The topological polar surface area (TPSA) is 43.2 Å².